The van der Waals surface area contributed by atoms with Gasteiger partial charge >= 0.3 is 0 Å². The normalized spacial score (nSPS) is 15.3. The topological polar surface area (TPSA) is 59.2 Å². The molecule has 0 unspecified atom stereocenters. The number of rotatable bonds is 4. The monoisotopic (exact) mass is 351 g/mol. The molecule has 1 aliphatic heterocycles. The lowest BCUT2D eigenvalue weighted by Crippen LogP contribution is -2.39. The van der Waals surface area contributed by atoms with E-state index in [2.05, 4.69) is 29.2 Å². The molecule has 0 spiro atoms. The van der Waals surface area contributed by atoms with Crippen LogP contribution >= 0.6 is 23.7 Å². The number of aromatic nitrogens is 1. The maximum atomic E-state index is 12.4. The second-order valence-corrected chi connectivity index (χ2v) is 6.70. The predicted molar refractivity (Wildman–Crippen MR) is 96.0 cm³/mol. The third-order valence-corrected chi connectivity index (χ3v) is 5.09. The Morgan fingerprint density at radius 1 is 1.26 bits per heavy atom. The first-order valence-corrected chi connectivity index (χ1v) is 8.62. The van der Waals surface area contributed by atoms with E-state index in [-0.39, 0.29) is 18.3 Å². The molecule has 1 amide bonds. The molecule has 1 aliphatic rings. The molecule has 2 N–H and O–H groups in total. The minimum atomic E-state index is 0. The van der Waals surface area contributed by atoms with Gasteiger partial charge in [0, 0.05) is 25.0 Å². The molecule has 0 aliphatic carbocycles. The summed E-state index contributed by atoms with van der Waals surface area (Å²) >= 11 is 1.46. The molecule has 0 atom stereocenters. The Morgan fingerprint density at radius 2 is 1.96 bits per heavy atom. The molecule has 1 saturated heterocycles. The van der Waals surface area contributed by atoms with Crippen LogP contribution in [0.2, 0.25) is 0 Å². The minimum absolute atomic E-state index is 0. The second kappa shape index (κ2) is 8.43. The number of nitrogens with two attached hydrogens (primary N) is 1. The number of amides is 1. The highest BCUT2D eigenvalue weighted by Crippen LogP contribution is 2.23. The summed E-state index contributed by atoms with van der Waals surface area (Å²) in [7, 11) is 0. The lowest BCUT2D eigenvalue weighted by molar-refractivity contribution is 0.0685. The van der Waals surface area contributed by atoms with Gasteiger partial charge in [-0.1, -0.05) is 30.3 Å². The zero-order valence-corrected chi connectivity index (χ0v) is 14.6. The van der Waals surface area contributed by atoms with E-state index in [1.54, 1.807) is 0 Å². The van der Waals surface area contributed by atoms with Gasteiger partial charge in [-0.3, -0.25) is 4.79 Å². The number of hydrogen-bond acceptors (Lipinski definition) is 4. The van der Waals surface area contributed by atoms with E-state index in [0.717, 1.165) is 37.4 Å². The Labute approximate surface area is 147 Å². The molecule has 124 valence electrons. The van der Waals surface area contributed by atoms with Crippen molar-refractivity contribution in [3.8, 4) is 0 Å². The average Bonchev–Trinajstić information content (AvgIpc) is 3.05. The third kappa shape index (κ3) is 4.53. The molecule has 0 bridgehead atoms. The van der Waals surface area contributed by atoms with E-state index in [1.165, 1.54) is 16.9 Å². The number of nitrogens with zero attached hydrogens (tertiary/aromatic N) is 2. The summed E-state index contributed by atoms with van der Waals surface area (Å²) in [4.78, 5) is 18.6. The molecule has 1 aromatic carbocycles. The zero-order chi connectivity index (χ0) is 15.4. The summed E-state index contributed by atoms with van der Waals surface area (Å²) in [6, 6.07) is 10.6. The first kappa shape index (κ1) is 17.9. The number of benzene rings is 1. The van der Waals surface area contributed by atoms with Gasteiger partial charge < -0.3 is 10.6 Å². The lowest BCUT2D eigenvalue weighted by Gasteiger charge is -2.31. The second-order valence-electron chi connectivity index (χ2n) is 5.76. The van der Waals surface area contributed by atoms with Crippen LogP contribution < -0.4 is 5.73 Å². The number of carbonyl (C=O) groups excluding carboxylic acids is 1. The molecule has 23 heavy (non-hydrogen) atoms. The van der Waals surface area contributed by atoms with Gasteiger partial charge in [0.2, 0.25) is 0 Å². The molecule has 1 fully saturated rings. The highest BCUT2D eigenvalue weighted by molar-refractivity contribution is 7.09. The van der Waals surface area contributed by atoms with Crippen LogP contribution in [0.25, 0.3) is 0 Å². The zero-order valence-electron chi connectivity index (χ0n) is 13.0. The van der Waals surface area contributed by atoms with E-state index in [1.807, 2.05) is 16.3 Å². The van der Waals surface area contributed by atoms with Crippen molar-refractivity contribution in [1.82, 2.24) is 9.88 Å². The fourth-order valence-electron chi connectivity index (χ4n) is 2.95. The molecule has 1 aromatic heterocycles. The van der Waals surface area contributed by atoms with Gasteiger partial charge in [-0.2, -0.15) is 0 Å². The van der Waals surface area contributed by atoms with Gasteiger partial charge in [0.1, 0.15) is 10.7 Å². The molecule has 2 aromatic rings. The largest absolute Gasteiger partial charge is 0.337 e. The van der Waals surface area contributed by atoms with Crippen molar-refractivity contribution in [3.05, 3.63) is 52.0 Å². The summed E-state index contributed by atoms with van der Waals surface area (Å²) < 4.78 is 0. The summed E-state index contributed by atoms with van der Waals surface area (Å²) in [5, 5.41) is 2.64. The summed E-state index contributed by atoms with van der Waals surface area (Å²) in [5.41, 5.74) is 7.49. The van der Waals surface area contributed by atoms with Crippen LogP contribution in [0.1, 0.15) is 33.9 Å². The highest BCUT2D eigenvalue weighted by atomic mass is 35.5. The summed E-state index contributed by atoms with van der Waals surface area (Å²) in [6.07, 6.45) is 3.24. The first-order chi connectivity index (χ1) is 10.8. The van der Waals surface area contributed by atoms with Crippen LogP contribution in [-0.4, -0.2) is 28.9 Å². The van der Waals surface area contributed by atoms with Crippen molar-refractivity contribution >= 4 is 29.7 Å². The van der Waals surface area contributed by atoms with Gasteiger partial charge in [0.15, 0.2) is 0 Å². The third-order valence-electron chi connectivity index (χ3n) is 4.21. The Bertz CT molecular complexity index is 624. The van der Waals surface area contributed by atoms with Crippen molar-refractivity contribution in [2.75, 3.05) is 13.1 Å². The molecule has 3 rings (SSSR count). The van der Waals surface area contributed by atoms with Crippen LogP contribution in [0.15, 0.2) is 35.7 Å². The minimum Gasteiger partial charge on any atom is -0.337 e. The van der Waals surface area contributed by atoms with Crippen molar-refractivity contribution < 1.29 is 4.79 Å². The van der Waals surface area contributed by atoms with Crippen LogP contribution in [-0.2, 0) is 13.0 Å². The SMILES string of the molecule is Cl.NCc1nc(C(=O)N2CCC(Cc3ccccc3)CC2)cs1. The molecule has 0 radical (unpaired) electrons. The number of carbonyl (C=O) groups is 1. The van der Waals surface area contributed by atoms with Crippen LogP contribution in [0.4, 0.5) is 0 Å². The van der Waals surface area contributed by atoms with E-state index < -0.39 is 0 Å². The average molecular weight is 352 g/mol. The van der Waals surface area contributed by atoms with Crippen LogP contribution in [0.3, 0.4) is 0 Å². The highest BCUT2D eigenvalue weighted by Gasteiger charge is 2.25. The standard InChI is InChI=1S/C17H21N3OS.ClH/c18-11-16-19-15(12-22-16)17(21)20-8-6-14(7-9-20)10-13-4-2-1-3-5-13;/h1-5,12,14H,6-11,18H2;1H. The van der Waals surface area contributed by atoms with E-state index in [4.69, 9.17) is 5.73 Å². The number of piperidine rings is 1. The molecular formula is C17H22ClN3OS. The summed E-state index contributed by atoms with van der Waals surface area (Å²) in [6.45, 7) is 2.05. The smallest absolute Gasteiger partial charge is 0.273 e. The van der Waals surface area contributed by atoms with E-state index in [9.17, 15) is 4.79 Å². The van der Waals surface area contributed by atoms with Crippen LogP contribution in [0.5, 0.6) is 0 Å². The quantitative estimate of drug-likeness (QED) is 0.920. The van der Waals surface area contributed by atoms with Gasteiger partial charge in [-0.15, -0.1) is 23.7 Å². The lowest BCUT2D eigenvalue weighted by atomic mass is 9.90. The fourth-order valence-corrected chi connectivity index (χ4v) is 3.60. The molecule has 2 heterocycles. The fraction of sp³-hybridized carbons (Fsp3) is 0.412. The number of halogens is 1. The molecule has 6 heteroatoms. The van der Waals surface area contributed by atoms with E-state index in [0.29, 0.717) is 18.2 Å². The maximum Gasteiger partial charge on any atom is 0.273 e. The Balaban J connectivity index is 0.00000192. The number of thiazole rings is 1. The van der Waals surface area contributed by atoms with E-state index >= 15 is 0 Å². The van der Waals surface area contributed by atoms with Gasteiger partial charge in [0.25, 0.3) is 5.91 Å². The Kier molecular flexibility index (Phi) is 6.57. The van der Waals surface area contributed by atoms with Crippen molar-refractivity contribution in [1.29, 1.82) is 0 Å². The molecular weight excluding hydrogens is 330 g/mol. The predicted octanol–water partition coefficient (Wildman–Crippen LogP) is 3.12. The van der Waals surface area contributed by atoms with Crippen molar-refractivity contribution in [2.45, 2.75) is 25.8 Å². The van der Waals surface area contributed by atoms with Gasteiger partial charge in [0.05, 0.1) is 0 Å². The molecule has 0 saturated carbocycles. The summed E-state index contributed by atoms with van der Waals surface area (Å²) in [5.74, 6) is 0.718. The van der Waals surface area contributed by atoms with Gasteiger partial charge in [-0.05, 0) is 30.7 Å². The molecule has 4 nitrogen and oxygen atoms in total. The van der Waals surface area contributed by atoms with Crippen LogP contribution in [0, 0.1) is 5.92 Å². The maximum absolute atomic E-state index is 12.4. The Hall–Kier alpha value is -1.43. The van der Waals surface area contributed by atoms with Gasteiger partial charge in [-0.25, -0.2) is 4.98 Å². The van der Waals surface area contributed by atoms with Crippen molar-refractivity contribution in [3.63, 3.8) is 0 Å². The number of hydrogen-bond donors (Lipinski definition) is 1. The van der Waals surface area contributed by atoms with Crippen molar-refractivity contribution in [2.24, 2.45) is 11.7 Å². The first-order valence-electron chi connectivity index (χ1n) is 7.74. The number of likely N-dealkylation sites (tertiary alicyclic amines) is 1. The Morgan fingerprint density at radius 3 is 2.57 bits per heavy atom.